The van der Waals surface area contributed by atoms with Crippen LogP contribution < -0.4 is 5.32 Å². The molecule has 1 saturated heterocycles. The molecule has 0 spiro atoms. The lowest BCUT2D eigenvalue weighted by atomic mass is 9.96. The van der Waals surface area contributed by atoms with Gasteiger partial charge in [0.15, 0.2) is 0 Å². The maximum atomic E-state index is 12.1. The van der Waals surface area contributed by atoms with E-state index in [0.29, 0.717) is 12.0 Å². The molecule has 2 heterocycles. The zero-order valence-corrected chi connectivity index (χ0v) is 15.8. The molecule has 4 nitrogen and oxygen atoms in total. The van der Waals surface area contributed by atoms with Gasteiger partial charge in [0.1, 0.15) is 5.60 Å². The van der Waals surface area contributed by atoms with Crippen LogP contribution in [0.4, 0.5) is 4.79 Å². The van der Waals surface area contributed by atoms with E-state index in [1.54, 1.807) is 0 Å². The molecular weight excluding hydrogens is 308 g/mol. The van der Waals surface area contributed by atoms with Crippen molar-refractivity contribution in [1.82, 2.24) is 10.2 Å². The quantitative estimate of drug-likeness (QED) is 0.887. The van der Waals surface area contributed by atoms with Gasteiger partial charge in [0.05, 0.1) is 0 Å². The number of carbonyl (C=O) groups is 1. The highest BCUT2D eigenvalue weighted by Gasteiger charge is 2.26. The summed E-state index contributed by atoms with van der Waals surface area (Å²) in [6, 6.07) is 4.79. The van der Waals surface area contributed by atoms with Gasteiger partial charge in [-0.2, -0.15) is 0 Å². The van der Waals surface area contributed by atoms with Crippen LogP contribution in [0, 0.1) is 12.8 Å². The first-order valence-corrected chi connectivity index (χ1v) is 9.34. The van der Waals surface area contributed by atoms with Gasteiger partial charge in [-0.25, -0.2) is 4.79 Å². The highest BCUT2D eigenvalue weighted by molar-refractivity contribution is 7.12. The number of carbonyl (C=O) groups excluding carboxylic acids is 1. The molecule has 1 aromatic heterocycles. The Morgan fingerprint density at radius 2 is 2.04 bits per heavy atom. The minimum Gasteiger partial charge on any atom is -0.444 e. The average molecular weight is 339 g/mol. The van der Waals surface area contributed by atoms with E-state index >= 15 is 0 Å². The van der Waals surface area contributed by atoms with Crippen LogP contribution in [0.15, 0.2) is 12.1 Å². The third-order valence-electron chi connectivity index (χ3n) is 4.17. The number of hydrogen-bond acceptors (Lipinski definition) is 4. The first kappa shape index (κ1) is 18.3. The molecule has 1 unspecified atom stereocenters. The van der Waals surface area contributed by atoms with Crippen LogP contribution in [0.1, 0.15) is 56.3 Å². The van der Waals surface area contributed by atoms with Crippen molar-refractivity contribution >= 4 is 17.4 Å². The second kappa shape index (κ2) is 7.67. The molecular formula is C18H30N2O2S. The first-order chi connectivity index (χ1) is 10.7. The summed E-state index contributed by atoms with van der Waals surface area (Å²) in [5.74, 6) is 0.636. The molecule has 0 bridgehead atoms. The maximum Gasteiger partial charge on any atom is 0.410 e. The zero-order chi connectivity index (χ0) is 17.0. The van der Waals surface area contributed by atoms with Crippen LogP contribution in [0.5, 0.6) is 0 Å². The van der Waals surface area contributed by atoms with Gasteiger partial charge >= 0.3 is 6.09 Å². The van der Waals surface area contributed by atoms with E-state index < -0.39 is 5.60 Å². The molecule has 5 heteroatoms. The van der Waals surface area contributed by atoms with Gasteiger partial charge in [0.25, 0.3) is 0 Å². The minimum absolute atomic E-state index is 0.175. The Balaban J connectivity index is 1.71. The van der Waals surface area contributed by atoms with E-state index in [4.69, 9.17) is 4.74 Å². The number of ether oxygens (including phenoxy) is 1. The smallest absolute Gasteiger partial charge is 0.410 e. The van der Waals surface area contributed by atoms with E-state index in [9.17, 15) is 4.79 Å². The fourth-order valence-electron chi connectivity index (χ4n) is 2.78. The van der Waals surface area contributed by atoms with Crippen molar-refractivity contribution in [2.24, 2.45) is 5.92 Å². The van der Waals surface area contributed by atoms with Gasteiger partial charge in [0.2, 0.25) is 0 Å². The molecule has 1 N–H and O–H groups in total. The van der Waals surface area contributed by atoms with E-state index in [2.05, 4.69) is 31.3 Å². The highest BCUT2D eigenvalue weighted by Crippen LogP contribution is 2.24. The van der Waals surface area contributed by atoms with Crippen molar-refractivity contribution in [2.45, 2.75) is 59.1 Å². The third-order valence-corrected chi connectivity index (χ3v) is 5.35. The molecule has 1 atom stereocenters. The summed E-state index contributed by atoms with van der Waals surface area (Å²) in [6.45, 7) is 12.7. The topological polar surface area (TPSA) is 41.6 Å². The SMILES string of the molecule is Cc1ccc(C(C)NCC2CCN(C(=O)OC(C)(C)C)CC2)s1. The molecule has 1 aliphatic heterocycles. The maximum absolute atomic E-state index is 12.1. The number of nitrogens with one attached hydrogen (secondary N) is 1. The number of aryl methyl sites for hydroxylation is 1. The van der Waals surface area contributed by atoms with E-state index in [1.807, 2.05) is 37.0 Å². The second-order valence-corrected chi connectivity index (χ2v) is 8.81. The third kappa shape index (κ3) is 5.81. The van der Waals surface area contributed by atoms with Crippen LogP contribution in [-0.4, -0.2) is 36.2 Å². The van der Waals surface area contributed by atoms with Crippen LogP contribution in [0.3, 0.4) is 0 Å². The Labute approximate surface area is 144 Å². The Kier molecular flexibility index (Phi) is 6.09. The summed E-state index contributed by atoms with van der Waals surface area (Å²) in [4.78, 5) is 16.7. The van der Waals surface area contributed by atoms with Crippen LogP contribution in [0.25, 0.3) is 0 Å². The van der Waals surface area contributed by atoms with Crippen LogP contribution in [0.2, 0.25) is 0 Å². The largest absolute Gasteiger partial charge is 0.444 e. The van der Waals surface area contributed by atoms with E-state index in [0.717, 1.165) is 32.5 Å². The number of likely N-dealkylation sites (tertiary alicyclic amines) is 1. The van der Waals surface area contributed by atoms with E-state index in [1.165, 1.54) is 9.75 Å². The van der Waals surface area contributed by atoms with Gasteiger partial charge in [-0.1, -0.05) is 0 Å². The second-order valence-electron chi connectivity index (χ2n) is 7.49. The average Bonchev–Trinajstić information content (AvgIpc) is 2.90. The number of hydrogen-bond donors (Lipinski definition) is 1. The Morgan fingerprint density at radius 3 is 2.57 bits per heavy atom. The molecule has 23 heavy (non-hydrogen) atoms. The Morgan fingerprint density at radius 1 is 1.39 bits per heavy atom. The molecule has 0 saturated carbocycles. The minimum atomic E-state index is -0.413. The monoisotopic (exact) mass is 338 g/mol. The lowest BCUT2D eigenvalue weighted by molar-refractivity contribution is 0.0183. The molecule has 0 radical (unpaired) electrons. The summed E-state index contributed by atoms with van der Waals surface area (Å²) < 4.78 is 5.44. The number of nitrogens with zero attached hydrogens (tertiary/aromatic N) is 1. The van der Waals surface area contributed by atoms with Gasteiger partial charge in [-0.05, 0) is 72.1 Å². The fraction of sp³-hybridized carbons (Fsp3) is 0.722. The van der Waals surface area contributed by atoms with Crippen molar-refractivity contribution in [1.29, 1.82) is 0 Å². The number of rotatable bonds is 4. The molecule has 1 aromatic rings. The summed E-state index contributed by atoms with van der Waals surface area (Å²) in [7, 11) is 0. The summed E-state index contributed by atoms with van der Waals surface area (Å²) >= 11 is 1.86. The van der Waals surface area contributed by atoms with Crippen molar-refractivity contribution in [2.75, 3.05) is 19.6 Å². The Hall–Kier alpha value is -1.07. The van der Waals surface area contributed by atoms with Gasteiger partial charge in [0, 0.05) is 28.9 Å². The van der Waals surface area contributed by atoms with Crippen LogP contribution in [-0.2, 0) is 4.74 Å². The van der Waals surface area contributed by atoms with Crippen molar-refractivity contribution in [3.63, 3.8) is 0 Å². The lowest BCUT2D eigenvalue weighted by Gasteiger charge is -2.33. The predicted molar refractivity (Wildman–Crippen MR) is 96.0 cm³/mol. The standard InChI is InChI=1S/C18H30N2O2S/c1-13-6-7-16(23-13)14(2)19-12-15-8-10-20(11-9-15)17(21)22-18(3,4)5/h6-7,14-15,19H,8-12H2,1-5H3. The highest BCUT2D eigenvalue weighted by atomic mass is 32.1. The molecule has 2 rings (SSSR count). The number of amides is 1. The summed E-state index contributed by atoms with van der Waals surface area (Å²) in [5.41, 5.74) is -0.413. The van der Waals surface area contributed by atoms with Crippen molar-refractivity contribution in [3.05, 3.63) is 21.9 Å². The van der Waals surface area contributed by atoms with E-state index in [-0.39, 0.29) is 6.09 Å². The van der Waals surface area contributed by atoms with Gasteiger partial charge < -0.3 is 15.0 Å². The van der Waals surface area contributed by atoms with Gasteiger partial charge in [-0.15, -0.1) is 11.3 Å². The number of thiophene rings is 1. The number of piperidine rings is 1. The Bertz CT molecular complexity index is 513. The first-order valence-electron chi connectivity index (χ1n) is 8.52. The van der Waals surface area contributed by atoms with Crippen molar-refractivity contribution < 1.29 is 9.53 Å². The van der Waals surface area contributed by atoms with Crippen molar-refractivity contribution in [3.8, 4) is 0 Å². The van der Waals surface area contributed by atoms with Gasteiger partial charge in [-0.3, -0.25) is 0 Å². The molecule has 130 valence electrons. The molecule has 1 fully saturated rings. The zero-order valence-electron chi connectivity index (χ0n) is 15.0. The van der Waals surface area contributed by atoms with Crippen LogP contribution >= 0.6 is 11.3 Å². The molecule has 0 aromatic carbocycles. The predicted octanol–water partition coefficient (Wildman–Crippen LogP) is 4.35. The summed E-state index contributed by atoms with van der Waals surface area (Å²) in [6.07, 6.45) is 1.91. The lowest BCUT2D eigenvalue weighted by Crippen LogP contribution is -2.43. The normalized spacial score (nSPS) is 18.0. The molecule has 1 aliphatic rings. The summed E-state index contributed by atoms with van der Waals surface area (Å²) in [5, 5.41) is 3.64. The fourth-order valence-corrected chi connectivity index (χ4v) is 3.68. The molecule has 0 aliphatic carbocycles. The molecule has 1 amide bonds.